The molecule has 1 atom stereocenters. The summed E-state index contributed by atoms with van der Waals surface area (Å²) < 4.78 is 9.56. The highest BCUT2D eigenvalue weighted by atomic mass is 16.7. The highest BCUT2D eigenvalue weighted by Gasteiger charge is 2.49. The van der Waals surface area contributed by atoms with Gasteiger partial charge >= 0.3 is 11.8 Å². The zero-order chi connectivity index (χ0) is 18.5. The first-order valence-corrected chi connectivity index (χ1v) is 8.70. The molecule has 0 aromatic carbocycles. The van der Waals surface area contributed by atoms with Gasteiger partial charge in [0, 0.05) is 6.42 Å². The van der Waals surface area contributed by atoms with Crippen LogP contribution < -0.4 is 0 Å². The molecule has 0 bridgehead atoms. The van der Waals surface area contributed by atoms with Crippen molar-refractivity contribution in [2.45, 2.75) is 57.2 Å². The normalized spacial score (nSPS) is 20.1. The van der Waals surface area contributed by atoms with Crippen LogP contribution in [0.1, 0.15) is 51.4 Å². The van der Waals surface area contributed by atoms with E-state index in [0.29, 0.717) is 6.42 Å². The molecule has 1 aliphatic rings. The number of hydrogen-bond donors (Lipinski definition) is 1. The fourth-order valence-corrected chi connectivity index (χ4v) is 2.47. The molecule has 5 heteroatoms. The number of unbranched alkanes of at least 4 members (excludes halogenated alkanes) is 4. The summed E-state index contributed by atoms with van der Waals surface area (Å²) in [5.74, 6) is -3.69. The van der Waals surface area contributed by atoms with Gasteiger partial charge in [-0.1, -0.05) is 43.2 Å². The van der Waals surface area contributed by atoms with E-state index in [2.05, 4.69) is 30.9 Å². The number of ether oxygens (including phenoxy) is 2. The Morgan fingerprint density at radius 3 is 2.60 bits per heavy atom. The molecule has 5 nitrogen and oxygen atoms in total. The summed E-state index contributed by atoms with van der Waals surface area (Å²) in [5.41, 5.74) is 0. The van der Waals surface area contributed by atoms with E-state index in [4.69, 9.17) is 9.47 Å². The first kappa shape index (κ1) is 20.9. The van der Waals surface area contributed by atoms with E-state index in [1.807, 2.05) is 6.08 Å². The first-order chi connectivity index (χ1) is 12.0. The number of allylic oxidation sites excluding steroid dienone is 5. The van der Waals surface area contributed by atoms with Crippen LogP contribution in [0.4, 0.5) is 0 Å². The highest BCUT2D eigenvalue weighted by Crippen LogP contribution is 2.28. The molecule has 0 fully saturated rings. The van der Waals surface area contributed by atoms with E-state index in [1.54, 1.807) is 0 Å². The number of carbonyl (C=O) groups is 2. The average Bonchev–Trinajstić information content (AvgIpc) is 2.90. The summed E-state index contributed by atoms with van der Waals surface area (Å²) in [7, 11) is 1.29. The largest absolute Gasteiger partial charge is 0.494 e. The fourth-order valence-electron chi connectivity index (χ4n) is 2.47. The summed E-state index contributed by atoms with van der Waals surface area (Å²) in [4.78, 5) is 23.3. The van der Waals surface area contributed by atoms with Crippen molar-refractivity contribution in [2.24, 2.45) is 0 Å². The van der Waals surface area contributed by atoms with Gasteiger partial charge in [0.25, 0.3) is 0 Å². The lowest BCUT2D eigenvalue weighted by atomic mass is 10.0. The van der Waals surface area contributed by atoms with Crippen LogP contribution in [0.25, 0.3) is 0 Å². The molecule has 1 N–H and O–H groups in total. The maximum Gasteiger partial charge on any atom is 0.337 e. The monoisotopic (exact) mass is 348 g/mol. The Kier molecular flexibility index (Phi) is 9.55. The maximum absolute atomic E-state index is 12.1. The minimum Gasteiger partial charge on any atom is -0.494 e. The molecule has 0 aromatic rings. The van der Waals surface area contributed by atoms with Gasteiger partial charge in [0.15, 0.2) is 5.76 Å². The smallest absolute Gasteiger partial charge is 0.337 e. The van der Waals surface area contributed by atoms with Crippen molar-refractivity contribution in [1.82, 2.24) is 0 Å². The molecule has 0 aromatic heterocycles. The number of Topliss-reactive ketones (excluding diaryl/α,β-unsaturated/α-hetero) is 1. The van der Waals surface area contributed by atoms with E-state index in [-0.39, 0.29) is 12.2 Å². The molecule has 0 radical (unpaired) electrons. The van der Waals surface area contributed by atoms with Gasteiger partial charge in [-0.15, -0.1) is 6.58 Å². The van der Waals surface area contributed by atoms with E-state index in [1.165, 1.54) is 7.11 Å². The third kappa shape index (κ3) is 7.10. The van der Waals surface area contributed by atoms with Crippen molar-refractivity contribution in [3.63, 3.8) is 0 Å². The molecule has 1 rings (SSSR count). The lowest BCUT2D eigenvalue weighted by molar-refractivity contribution is -0.196. The van der Waals surface area contributed by atoms with Crippen molar-refractivity contribution < 1.29 is 24.2 Å². The lowest BCUT2D eigenvalue weighted by Gasteiger charge is -2.21. The topological polar surface area (TPSA) is 72.8 Å². The average molecular weight is 348 g/mol. The number of aliphatic hydroxyl groups is 1. The van der Waals surface area contributed by atoms with Crippen LogP contribution in [0.2, 0.25) is 0 Å². The zero-order valence-corrected chi connectivity index (χ0v) is 14.9. The van der Waals surface area contributed by atoms with E-state index < -0.39 is 17.5 Å². The number of methoxy groups -OCH3 is 1. The van der Waals surface area contributed by atoms with Crippen LogP contribution in [-0.2, 0) is 19.1 Å². The molecule has 0 saturated heterocycles. The molecular weight excluding hydrogens is 320 g/mol. The zero-order valence-electron chi connectivity index (χ0n) is 14.9. The molecule has 0 spiro atoms. The lowest BCUT2D eigenvalue weighted by Crippen LogP contribution is -2.41. The summed E-state index contributed by atoms with van der Waals surface area (Å²) in [6, 6.07) is 0. The van der Waals surface area contributed by atoms with Crippen molar-refractivity contribution >= 4 is 11.8 Å². The minimum absolute atomic E-state index is 0.144. The van der Waals surface area contributed by atoms with Gasteiger partial charge in [-0.3, -0.25) is 4.79 Å². The minimum atomic E-state index is -2.24. The predicted molar refractivity (Wildman–Crippen MR) is 96.6 cm³/mol. The Bertz CT molecular complexity index is 544. The van der Waals surface area contributed by atoms with Gasteiger partial charge in [-0.2, -0.15) is 0 Å². The number of esters is 1. The first-order valence-electron chi connectivity index (χ1n) is 8.70. The quantitative estimate of drug-likeness (QED) is 0.312. The number of cyclic esters (lactones) is 1. The van der Waals surface area contributed by atoms with Gasteiger partial charge in [0.1, 0.15) is 0 Å². The number of carbonyl (C=O) groups excluding carboxylic acids is 2. The van der Waals surface area contributed by atoms with Gasteiger partial charge in [0.2, 0.25) is 5.78 Å². The molecule has 0 amide bonds. The summed E-state index contributed by atoms with van der Waals surface area (Å²) in [5, 5.41) is 10.2. The predicted octanol–water partition coefficient (Wildman–Crippen LogP) is 3.75. The molecule has 0 saturated carbocycles. The molecule has 0 aliphatic carbocycles. The molecule has 1 heterocycles. The standard InChI is InChI=1S/C20H28O5/c1-3-4-5-6-7-8-9-10-11-12-13-14-15-17(21)20(23)18(24-2)16-19(22)25-20/h3,5-6,8-9,16,23H,1,4,7,10-15H2,2H3/b6-5-,9-8-. The molecule has 138 valence electrons. The van der Waals surface area contributed by atoms with Crippen LogP contribution in [0.5, 0.6) is 0 Å². The van der Waals surface area contributed by atoms with Crippen LogP contribution >= 0.6 is 0 Å². The molecular formula is C20H28O5. The molecule has 1 unspecified atom stereocenters. The molecule has 25 heavy (non-hydrogen) atoms. The van der Waals surface area contributed by atoms with Crippen LogP contribution in [-0.4, -0.2) is 29.8 Å². The number of hydrogen-bond acceptors (Lipinski definition) is 5. The van der Waals surface area contributed by atoms with Gasteiger partial charge < -0.3 is 14.6 Å². The second-order valence-corrected chi connectivity index (χ2v) is 5.86. The van der Waals surface area contributed by atoms with E-state index >= 15 is 0 Å². The van der Waals surface area contributed by atoms with Crippen molar-refractivity contribution in [1.29, 1.82) is 0 Å². The Balaban J connectivity index is 2.13. The van der Waals surface area contributed by atoms with Crippen LogP contribution in [0, 0.1) is 0 Å². The highest BCUT2D eigenvalue weighted by molar-refractivity contribution is 5.97. The molecule has 1 aliphatic heterocycles. The summed E-state index contributed by atoms with van der Waals surface area (Å²) in [6.07, 6.45) is 18.0. The van der Waals surface area contributed by atoms with Crippen molar-refractivity contribution in [3.8, 4) is 0 Å². The third-order valence-electron chi connectivity index (χ3n) is 3.86. The fraction of sp³-hybridized carbons (Fsp3) is 0.500. The Hall–Kier alpha value is -2.14. The second-order valence-electron chi connectivity index (χ2n) is 5.86. The third-order valence-corrected chi connectivity index (χ3v) is 3.86. The van der Waals surface area contributed by atoms with Crippen molar-refractivity contribution in [3.05, 3.63) is 48.8 Å². The Labute approximate surface area is 149 Å². The van der Waals surface area contributed by atoms with E-state index in [9.17, 15) is 14.7 Å². The van der Waals surface area contributed by atoms with Crippen molar-refractivity contribution in [2.75, 3.05) is 7.11 Å². The number of rotatable bonds is 13. The maximum atomic E-state index is 12.1. The van der Waals surface area contributed by atoms with Crippen LogP contribution in [0.3, 0.4) is 0 Å². The van der Waals surface area contributed by atoms with Gasteiger partial charge in [0.05, 0.1) is 13.2 Å². The van der Waals surface area contributed by atoms with E-state index in [0.717, 1.165) is 44.6 Å². The van der Waals surface area contributed by atoms with Gasteiger partial charge in [-0.05, 0) is 32.1 Å². The second kappa shape index (κ2) is 11.4. The number of ketones is 1. The summed E-state index contributed by atoms with van der Waals surface area (Å²) >= 11 is 0. The summed E-state index contributed by atoms with van der Waals surface area (Å²) in [6.45, 7) is 3.66. The van der Waals surface area contributed by atoms with Gasteiger partial charge in [-0.25, -0.2) is 4.79 Å². The Morgan fingerprint density at radius 2 is 1.88 bits per heavy atom. The van der Waals surface area contributed by atoms with Crippen LogP contribution in [0.15, 0.2) is 48.8 Å². The SMILES string of the molecule is C=CC/C=C\C/C=C\CCCCCCC(=O)C1(O)OC(=O)C=C1OC. The Morgan fingerprint density at radius 1 is 1.20 bits per heavy atom.